The van der Waals surface area contributed by atoms with Crippen molar-refractivity contribution < 1.29 is 9.47 Å². The van der Waals surface area contributed by atoms with Crippen LogP contribution in [0.25, 0.3) is 0 Å². The van der Waals surface area contributed by atoms with Crippen LogP contribution in [0, 0.1) is 19.3 Å². The number of rotatable bonds is 5. The van der Waals surface area contributed by atoms with Crippen LogP contribution < -0.4 is 15.8 Å². The maximum Gasteiger partial charge on any atom is 0.122 e. The molecule has 0 bridgehead atoms. The van der Waals surface area contributed by atoms with E-state index in [2.05, 4.69) is 31.3 Å². The molecule has 0 atom stereocenters. The molecule has 2 rings (SSSR count). The molecule has 0 unspecified atom stereocenters. The van der Waals surface area contributed by atoms with Crippen molar-refractivity contribution in [1.82, 2.24) is 0 Å². The van der Waals surface area contributed by atoms with E-state index in [1.54, 1.807) is 7.11 Å². The third-order valence-electron chi connectivity index (χ3n) is 3.65. The number of benzene rings is 1. The lowest BCUT2D eigenvalue weighted by atomic mass is 9.86. The van der Waals surface area contributed by atoms with Crippen LogP contribution in [0.15, 0.2) is 12.1 Å². The van der Waals surface area contributed by atoms with Crippen LogP contribution in [0.1, 0.15) is 11.1 Å². The zero-order chi connectivity index (χ0) is 13.2. The topological polar surface area (TPSA) is 56.5 Å². The quantitative estimate of drug-likeness (QED) is 0.835. The summed E-state index contributed by atoms with van der Waals surface area (Å²) in [4.78, 5) is 0. The Hall–Kier alpha value is -1.26. The molecule has 1 aromatic carbocycles. The van der Waals surface area contributed by atoms with E-state index >= 15 is 0 Å². The summed E-state index contributed by atoms with van der Waals surface area (Å²) in [5.41, 5.74) is 9.39. The van der Waals surface area contributed by atoms with Gasteiger partial charge in [-0.3, -0.25) is 0 Å². The minimum Gasteiger partial charge on any atom is -0.496 e. The van der Waals surface area contributed by atoms with Crippen LogP contribution in [-0.2, 0) is 4.74 Å². The first-order valence-corrected chi connectivity index (χ1v) is 6.27. The summed E-state index contributed by atoms with van der Waals surface area (Å²) in [6.45, 7) is 7.16. The normalized spacial score (nSPS) is 17.1. The number of anilines is 1. The first-order chi connectivity index (χ1) is 8.60. The molecule has 0 aromatic heterocycles. The number of nitrogens with one attached hydrogen (secondary N) is 1. The molecule has 4 heteroatoms. The van der Waals surface area contributed by atoms with Gasteiger partial charge in [-0.25, -0.2) is 0 Å². The van der Waals surface area contributed by atoms with Gasteiger partial charge in [-0.2, -0.15) is 0 Å². The van der Waals surface area contributed by atoms with Crippen molar-refractivity contribution in [1.29, 1.82) is 0 Å². The Morgan fingerprint density at radius 2 is 2.06 bits per heavy atom. The Kier molecular flexibility index (Phi) is 3.78. The van der Waals surface area contributed by atoms with Gasteiger partial charge in [-0.15, -0.1) is 0 Å². The Bertz CT molecular complexity index is 423. The van der Waals surface area contributed by atoms with E-state index < -0.39 is 0 Å². The standard InChI is InChI=1S/C14H22N2O2/c1-10-5-13(17-3)11(2)4-12(10)16-7-14(6-15)8-18-9-14/h4-5,16H,6-9,15H2,1-3H3. The highest BCUT2D eigenvalue weighted by molar-refractivity contribution is 5.57. The number of ether oxygens (including phenoxy) is 2. The molecule has 0 saturated carbocycles. The van der Waals surface area contributed by atoms with Crippen molar-refractivity contribution in [3.63, 3.8) is 0 Å². The highest BCUT2D eigenvalue weighted by Gasteiger charge is 2.37. The third-order valence-corrected chi connectivity index (χ3v) is 3.65. The van der Waals surface area contributed by atoms with Gasteiger partial charge in [0.15, 0.2) is 0 Å². The van der Waals surface area contributed by atoms with Crippen molar-refractivity contribution in [3.05, 3.63) is 23.3 Å². The summed E-state index contributed by atoms with van der Waals surface area (Å²) in [5.74, 6) is 0.929. The second-order valence-corrected chi connectivity index (χ2v) is 5.19. The van der Waals surface area contributed by atoms with Crippen LogP contribution >= 0.6 is 0 Å². The molecule has 100 valence electrons. The fraction of sp³-hybridized carbons (Fsp3) is 0.571. The highest BCUT2D eigenvalue weighted by atomic mass is 16.5. The lowest BCUT2D eigenvalue weighted by Gasteiger charge is -2.40. The average Bonchev–Trinajstić information content (AvgIpc) is 2.32. The van der Waals surface area contributed by atoms with Crippen LogP contribution in [-0.4, -0.2) is 33.4 Å². The Balaban J connectivity index is 2.07. The van der Waals surface area contributed by atoms with Gasteiger partial charge in [-0.05, 0) is 37.1 Å². The van der Waals surface area contributed by atoms with E-state index in [0.717, 1.165) is 36.8 Å². The van der Waals surface area contributed by atoms with E-state index in [-0.39, 0.29) is 5.41 Å². The van der Waals surface area contributed by atoms with Gasteiger partial charge in [0.25, 0.3) is 0 Å². The van der Waals surface area contributed by atoms with Crippen molar-refractivity contribution in [2.24, 2.45) is 11.1 Å². The van der Waals surface area contributed by atoms with Gasteiger partial charge in [0.05, 0.1) is 20.3 Å². The monoisotopic (exact) mass is 250 g/mol. The molecular formula is C14H22N2O2. The first kappa shape index (κ1) is 13.2. The molecule has 1 saturated heterocycles. The van der Waals surface area contributed by atoms with E-state index in [1.165, 1.54) is 5.56 Å². The highest BCUT2D eigenvalue weighted by Crippen LogP contribution is 2.29. The smallest absolute Gasteiger partial charge is 0.122 e. The second-order valence-electron chi connectivity index (χ2n) is 5.19. The SMILES string of the molecule is COc1cc(C)c(NCC2(CN)COC2)cc1C. The van der Waals surface area contributed by atoms with Gasteiger partial charge in [-0.1, -0.05) is 0 Å². The van der Waals surface area contributed by atoms with Crippen molar-refractivity contribution >= 4 is 5.69 Å². The molecule has 0 spiro atoms. The molecule has 0 aliphatic carbocycles. The molecule has 0 amide bonds. The zero-order valence-corrected chi connectivity index (χ0v) is 11.4. The molecule has 4 nitrogen and oxygen atoms in total. The minimum absolute atomic E-state index is 0.111. The summed E-state index contributed by atoms with van der Waals surface area (Å²) >= 11 is 0. The molecule has 1 aliphatic rings. The van der Waals surface area contributed by atoms with Crippen LogP contribution in [0.4, 0.5) is 5.69 Å². The molecule has 18 heavy (non-hydrogen) atoms. The maximum atomic E-state index is 5.81. The zero-order valence-electron chi connectivity index (χ0n) is 11.4. The van der Waals surface area contributed by atoms with E-state index in [9.17, 15) is 0 Å². The van der Waals surface area contributed by atoms with Gasteiger partial charge in [0.1, 0.15) is 5.75 Å². The largest absolute Gasteiger partial charge is 0.496 e. The second kappa shape index (κ2) is 5.16. The molecule has 1 heterocycles. The number of hydrogen-bond acceptors (Lipinski definition) is 4. The van der Waals surface area contributed by atoms with Crippen molar-refractivity contribution in [2.45, 2.75) is 13.8 Å². The van der Waals surface area contributed by atoms with E-state index in [0.29, 0.717) is 6.54 Å². The average molecular weight is 250 g/mol. The van der Waals surface area contributed by atoms with E-state index in [4.69, 9.17) is 15.2 Å². The number of nitrogens with two attached hydrogens (primary N) is 1. The van der Waals surface area contributed by atoms with Crippen LogP contribution in [0.5, 0.6) is 5.75 Å². The molecular weight excluding hydrogens is 228 g/mol. The summed E-state index contributed by atoms with van der Waals surface area (Å²) in [5, 5.41) is 3.48. The molecule has 1 fully saturated rings. The van der Waals surface area contributed by atoms with Crippen LogP contribution in [0.2, 0.25) is 0 Å². The molecule has 3 N–H and O–H groups in total. The van der Waals surface area contributed by atoms with Crippen LogP contribution in [0.3, 0.4) is 0 Å². The first-order valence-electron chi connectivity index (χ1n) is 6.27. The number of hydrogen-bond donors (Lipinski definition) is 2. The maximum absolute atomic E-state index is 5.81. The lowest BCUT2D eigenvalue weighted by molar-refractivity contribution is -0.0979. The lowest BCUT2D eigenvalue weighted by Crippen LogP contribution is -2.52. The van der Waals surface area contributed by atoms with Crippen molar-refractivity contribution in [3.8, 4) is 5.75 Å². The summed E-state index contributed by atoms with van der Waals surface area (Å²) in [6, 6.07) is 4.18. The fourth-order valence-corrected chi connectivity index (χ4v) is 2.17. The molecule has 1 aromatic rings. The molecule has 0 radical (unpaired) electrons. The summed E-state index contributed by atoms with van der Waals surface area (Å²) < 4.78 is 10.6. The Morgan fingerprint density at radius 3 is 2.56 bits per heavy atom. The number of methoxy groups -OCH3 is 1. The predicted octanol–water partition coefficient (Wildman–Crippen LogP) is 1.70. The Labute approximate surface area is 108 Å². The predicted molar refractivity (Wildman–Crippen MR) is 73.3 cm³/mol. The van der Waals surface area contributed by atoms with Gasteiger partial charge in [0.2, 0.25) is 0 Å². The van der Waals surface area contributed by atoms with Gasteiger partial charge >= 0.3 is 0 Å². The number of aryl methyl sites for hydroxylation is 2. The molecule has 1 aliphatic heterocycles. The minimum atomic E-state index is 0.111. The third kappa shape index (κ3) is 2.44. The van der Waals surface area contributed by atoms with Gasteiger partial charge in [0, 0.05) is 24.2 Å². The summed E-state index contributed by atoms with van der Waals surface area (Å²) in [6.07, 6.45) is 0. The summed E-state index contributed by atoms with van der Waals surface area (Å²) in [7, 11) is 1.70. The van der Waals surface area contributed by atoms with E-state index in [1.807, 2.05) is 0 Å². The van der Waals surface area contributed by atoms with Gasteiger partial charge < -0.3 is 20.5 Å². The van der Waals surface area contributed by atoms with Crippen molar-refractivity contribution in [2.75, 3.05) is 38.7 Å². The Morgan fingerprint density at radius 1 is 1.33 bits per heavy atom. The fourth-order valence-electron chi connectivity index (χ4n) is 2.17.